The first-order valence-electron chi connectivity index (χ1n) is 3.45. The van der Waals surface area contributed by atoms with E-state index in [9.17, 15) is 10.1 Å². The zero-order chi connectivity index (χ0) is 9.84. The molecule has 0 spiro atoms. The highest BCUT2D eigenvalue weighted by atomic mass is 16.6. The second-order valence-electron chi connectivity index (χ2n) is 2.44. The number of aryl methyl sites for hydroxylation is 1. The normalized spacial score (nSPS) is 9.00. The van der Waals surface area contributed by atoms with E-state index < -0.39 is 4.92 Å². The SMILES string of the molecule is Cc1ccc([N+](=O)[O-])c(N=[N+]=[N-])c1. The minimum Gasteiger partial charge on any atom is -0.258 e. The summed E-state index contributed by atoms with van der Waals surface area (Å²) in [5.41, 5.74) is 8.84. The van der Waals surface area contributed by atoms with Crippen LogP contribution < -0.4 is 0 Å². The molecule has 0 saturated carbocycles. The van der Waals surface area contributed by atoms with Crippen LogP contribution in [-0.4, -0.2) is 4.92 Å². The zero-order valence-corrected chi connectivity index (χ0v) is 6.84. The summed E-state index contributed by atoms with van der Waals surface area (Å²) >= 11 is 0. The molecule has 0 aliphatic heterocycles. The maximum atomic E-state index is 10.4. The first-order chi connectivity index (χ1) is 6.15. The van der Waals surface area contributed by atoms with Crippen LogP contribution in [0.4, 0.5) is 11.4 Å². The average molecular weight is 178 g/mol. The molecule has 0 aromatic heterocycles. The predicted molar refractivity (Wildman–Crippen MR) is 46.6 cm³/mol. The van der Waals surface area contributed by atoms with Crippen molar-refractivity contribution in [1.29, 1.82) is 0 Å². The molecule has 0 bridgehead atoms. The molecular weight excluding hydrogens is 172 g/mol. The van der Waals surface area contributed by atoms with Gasteiger partial charge in [-0.15, -0.1) is 0 Å². The van der Waals surface area contributed by atoms with Crippen molar-refractivity contribution < 1.29 is 4.92 Å². The molecule has 1 aromatic carbocycles. The summed E-state index contributed by atoms with van der Waals surface area (Å²) in [7, 11) is 0. The number of nitrogens with zero attached hydrogens (tertiary/aromatic N) is 4. The molecule has 1 rings (SSSR count). The fourth-order valence-corrected chi connectivity index (χ4v) is 0.916. The van der Waals surface area contributed by atoms with Crippen LogP contribution in [0.15, 0.2) is 23.3 Å². The van der Waals surface area contributed by atoms with Crippen molar-refractivity contribution in [3.05, 3.63) is 44.3 Å². The maximum Gasteiger partial charge on any atom is 0.279 e. The van der Waals surface area contributed by atoms with Crippen molar-refractivity contribution in [3.8, 4) is 0 Å². The second-order valence-corrected chi connectivity index (χ2v) is 2.44. The zero-order valence-electron chi connectivity index (χ0n) is 6.84. The van der Waals surface area contributed by atoms with Crippen molar-refractivity contribution in [2.45, 2.75) is 6.92 Å². The smallest absolute Gasteiger partial charge is 0.258 e. The highest BCUT2D eigenvalue weighted by Gasteiger charge is 2.10. The van der Waals surface area contributed by atoms with Crippen LogP contribution in [0.25, 0.3) is 10.4 Å². The van der Waals surface area contributed by atoms with Crippen LogP contribution in [0.3, 0.4) is 0 Å². The number of hydrogen-bond donors (Lipinski definition) is 0. The fourth-order valence-electron chi connectivity index (χ4n) is 0.916. The van der Waals surface area contributed by atoms with Gasteiger partial charge in [-0.3, -0.25) is 10.1 Å². The molecule has 66 valence electrons. The number of nitro benzene ring substituents is 1. The Morgan fingerprint density at radius 1 is 1.62 bits per heavy atom. The van der Waals surface area contributed by atoms with E-state index in [1.807, 2.05) is 0 Å². The molecule has 0 atom stereocenters. The third-order valence-electron chi connectivity index (χ3n) is 1.48. The van der Waals surface area contributed by atoms with Gasteiger partial charge in [0.05, 0.1) is 4.92 Å². The highest BCUT2D eigenvalue weighted by molar-refractivity contribution is 5.58. The lowest BCUT2D eigenvalue weighted by Crippen LogP contribution is -1.88. The van der Waals surface area contributed by atoms with Gasteiger partial charge in [-0.05, 0) is 18.5 Å². The van der Waals surface area contributed by atoms with Crippen molar-refractivity contribution in [3.63, 3.8) is 0 Å². The van der Waals surface area contributed by atoms with Gasteiger partial charge in [0, 0.05) is 11.0 Å². The van der Waals surface area contributed by atoms with Gasteiger partial charge in [-0.25, -0.2) is 0 Å². The molecule has 0 aliphatic rings. The molecule has 0 aliphatic carbocycles. The minimum atomic E-state index is -0.580. The Balaban J connectivity index is 3.34. The molecule has 13 heavy (non-hydrogen) atoms. The molecule has 0 amide bonds. The number of nitro groups is 1. The Morgan fingerprint density at radius 2 is 2.31 bits per heavy atom. The lowest BCUT2D eigenvalue weighted by atomic mass is 10.2. The summed E-state index contributed by atoms with van der Waals surface area (Å²) in [6.45, 7) is 1.76. The van der Waals surface area contributed by atoms with E-state index >= 15 is 0 Å². The first-order valence-corrected chi connectivity index (χ1v) is 3.45. The lowest BCUT2D eigenvalue weighted by molar-refractivity contribution is -0.384. The molecule has 6 nitrogen and oxygen atoms in total. The number of hydrogen-bond acceptors (Lipinski definition) is 3. The van der Waals surface area contributed by atoms with Crippen molar-refractivity contribution >= 4 is 11.4 Å². The van der Waals surface area contributed by atoms with Crippen molar-refractivity contribution in [2.75, 3.05) is 0 Å². The van der Waals surface area contributed by atoms with Gasteiger partial charge in [0.25, 0.3) is 5.69 Å². The Hall–Kier alpha value is -2.07. The largest absolute Gasteiger partial charge is 0.279 e. The maximum absolute atomic E-state index is 10.4. The second kappa shape index (κ2) is 3.55. The van der Waals surface area contributed by atoms with E-state index in [1.54, 1.807) is 13.0 Å². The van der Waals surface area contributed by atoms with E-state index in [0.717, 1.165) is 5.56 Å². The molecule has 1 aromatic rings. The van der Waals surface area contributed by atoms with E-state index in [2.05, 4.69) is 10.0 Å². The van der Waals surface area contributed by atoms with Crippen LogP contribution in [0.5, 0.6) is 0 Å². The topological polar surface area (TPSA) is 91.9 Å². The van der Waals surface area contributed by atoms with Gasteiger partial charge < -0.3 is 0 Å². The molecular formula is C7H6N4O2. The Labute approximate surface area is 73.6 Å². The Bertz CT molecular complexity index is 395. The van der Waals surface area contributed by atoms with Gasteiger partial charge in [0.1, 0.15) is 5.69 Å². The van der Waals surface area contributed by atoms with Crippen molar-refractivity contribution in [1.82, 2.24) is 0 Å². The number of benzene rings is 1. The molecule has 0 unspecified atom stereocenters. The van der Waals surface area contributed by atoms with Crippen LogP contribution in [0.2, 0.25) is 0 Å². The van der Waals surface area contributed by atoms with E-state index in [0.29, 0.717) is 0 Å². The predicted octanol–water partition coefficient (Wildman–Crippen LogP) is 2.85. The summed E-state index contributed by atoms with van der Waals surface area (Å²) < 4.78 is 0. The lowest BCUT2D eigenvalue weighted by Gasteiger charge is -1.96. The van der Waals surface area contributed by atoms with E-state index in [1.165, 1.54) is 12.1 Å². The average Bonchev–Trinajstić information content (AvgIpc) is 2.04. The van der Waals surface area contributed by atoms with E-state index in [4.69, 9.17) is 5.53 Å². The van der Waals surface area contributed by atoms with Gasteiger partial charge in [0.15, 0.2) is 0 Å². The quantitative estimate of drug-likeness (QED) is 0.229. The van der Waals surface area contributed by atoms with Gasteiger partial charge in [-0.2, -0.15) is 0 Å². The van der Waals surface area contributed by atoms with Crippen LogP contribution >= 0.6 is 0 Å². The van der Waals surface area contributed by atoms with Gasteiger partial charge in [-0.1, -0.05) is 16.7 Å². The molecule has 0 heterocycles. The third-order valence-corrected chi connectivity index (χ3v) is 1.48. The molecule has 0 fully saturated rings. The summed E-state index contributed by atoms with van der Waals surface area (Å²) in [6, 6.07) is 4.38. The Morgan fingerprint density at radius 3 is 2.85 bits per heavy atom. The summed E-state index contributed by atoms with van der Waals surface area (Å²) in [5, 5.41) is 13.7. The first kappa shape index (κ1) is 9.02. The molecule has 0 N–H and O–H groups in total. The molecule has 0 saturated heterocycles. The fraction of sp³-hybridized carbons (Fsp3) is 0.143. The molecule has 6 heteroatoms. The van der Waals surface area contributed by atoms with Gasteiger partial charge in [0.2, 0.25) is 0 Å². The van der Waals surface area contributed by atoms with E-state index in [-0.39, 0.29) is 11.4 Å². The standard InChI is InChI=1S/C7H6N4O2/c1-5-2-3-7(11(12)13)6(4-5)9-10-8/h2-4H,1H3. The van der Waals surface area contributed by atoms with Crippen molar-refractivity contribution in [2.24, 2.45) is 5.11 Å². The highest BCUT2D eigenvalue weighted by Crippen LogP contribution is 2.27. The van der Waals surface area contributed by atoms with Gasteiger partial charge >= 0.3 is 0 Å². The van der Waals surface area contributed by atoms with Crippen LogP contribution in [0, 0.1) is 17.0 Å². The monoisotopic (exact) mass is 178 g/mol. The summed E-state index contributed by atoms with van der Waals surface area (Å²) in [5.74, 6) is 0. The van der Waals surface area contributed by atoms with Crippen LogP contribution in [0.1, 0.15) is 5.56 Å². The Kier molecular flexibility index (Phi) is 2.47. The number of azide groups is 1. The third kappa shape index (κ3) is 1.94. The van der Waals surface area contributed by atoms with Crippen LogP contribution in [-0.2, 0) is 0 Å². The minimum absolute atomic E-state index is 0.0486. The molecule has 0 radical (unpaired) electrons. The summed E-state index contributed by atoms with van der Waals surface area (Å²) in [6.07, 6.45) is 0. The summed E-state index contributed by atoms with van der Waals surface area (Å²) in [4.78, 5) is 12.4. The number of rotatable bonds is 2.